The maximum absolute atomic E-state index is 12.9. The van der Waals surface area contributed by atoms with E-state index < -0.39 is 23.3 Å². The third-order valence-electron chi connectivity index (χ3n) is 4.58. The van der Waals surface area contributed by atoms with Crippen molar-refractivity contribution < 1.29 is 9.59 Å². The van der Waals surface area contributed by atoms with Crippen molar-refractivity contribution in [3.63, 3.8) is 0 Å². The number of rotatable bonds is 4. The van der Waals surface area contributed by atoms with Crippen molar-refractivity contribution in [2.75, 3.05) is 16.0 Å². The molecule has 164 valence electrons. The molecule has 1 aliphatic heterocycles. The number of benzene rings is 2. The van der Waals surface area contributed by atoms with Crippen LogP contribution in [0, 0.1) is 0 Å². The molecule has 1 unspecified atom stereocenters. The van der Waals surface area contributed by atoms with Gasteiger partial charge >= 0.3 is 0 Å². The molecule has 0 radical (unpaired) electrons. The standard InChI is InChI=1S/C20H13Cl4N5O3/c21-8-1-2-14(13(24)6-8)26-18(31)12-7-15(30)27-17-16(12)19(32)29-20(28-17)25-11-4-9(22)3-10(23)5-11/h1-6,12H,7H2,(H,26,31)(H3,25,27,28,29,30,32). The fourth-order valence-electron chi connectivity index (χ4n) is 3.23. The molecule has 3 aromatic rings. The van der Waals surface area contributed by atoms with E-state index in [4.69, 9.17) is 46.4 Å². The van der Waals surface area contributed by atoms with Crippen LogP contribution in [-0.4, -0.2) is 21.8 Å². The van der Waals surface area contributed by atoms with Crippen LogP contribution in [0.15, 0.2) is 41.2 Å². The molecule has 0 spiro atoms. The maximum atomic E-state index is 12.9. The van der Waals surface area contributed by atoms with Gasteiger partial charge in [0.2, 0.25) is 17.8 Å². The minimum absolute atomic E-state index is 0.0250. The maximum Gasteiger partial charge on any atom is 0.258 e. The number of carbonyl (C=O) groups is 2. The zero-order valence-corrected chi connectivity index (χ0v) is 19.0. The quantitative estimate of drug-likeness (QED) is 0.383. The lowest BCUT2D eigenvalue weighted by atomic mass is 9.92. The number of H-pyrrole nitrogens is 1. The Bertz CT molecular complexity index is 1290. The summed E-state index contributed by atoms with van der Waals surface area (Å²) in [7, 11) is 0. The first-order valence-corrected chi connectivity index (χ1v) is 10.6. The Balaban J connectivity index is 1.65. The average Bonchev–Trinajstić information content (AvgIpc) is 2.68. The number of halogens is 4. The number of hydrogen-bond donors (Lipinski definition) is 4. The largest absolute Gasteiger partial charge is 0.326 e. The number of anilines is 4. The molecule has 2 aromatic carbocycles. The van der Waals surface area contributed by atoms with Gasteiger partial charge in [-0.3, -0.25) is 19.4 Å². The third-order valence-corrected chi connectivity index (χ3v) is 5.57. The molecule has 12 heteroatoms. The van der Waals surface area contributed by atoms with Crippen LogP contribution < -0.4 is 21.5 Å². The van der Waals surface area contributed by atoms with E-state index in [1.54, 1.807) is 24.3 Å². The molecule has 4 N–H and O–H groups in total. The van der Waals surface area contributed by atoms with E-state index in [0.717, 1.165) is 0 Å². The second-order valence-corrected chi connectivity index (χ2v) is 8.59. The molecule has 8 nitrogen and oxygen atoms in total. The van der Waals surface area contributed by atoms with Gasteiger partial charge in [0.1, 0.15) is 5.82 Å². The average molecular weight is 513 g/mol. The van der Waals surface area contributed by atoms with Gasteiger partial charge in [0.05, 0.1) is 22.2 Å². The van der Waals surface area contributed by atoms with E-state index in [1.165, 1.54) is 12.1 Å². The first-order chi connectivity index (χ1) is 15.2. The lowest BCUT2D eigenvalue weighted by Gasteiger charge is -2.24. The number of aromatic nitrogens is 2. The van der Waals surface area contributed by atoms with Crippen molar-refractivity contribution in [3.8, 4) is 0 Å². The van der Waals surface area contributed by atoms with Gasteiger partial charge in [-0.05, 0) is 36.4 Å². The van der Waals surface area contributed by atoms with Crippen LogP contribution in [0.4, 0.5) is 23.1 Å². The Morgan fingerprint density at radius 1 is 1.00 bits per heavy atom. The van der Waals surface area contributed by atoms with Gasteiger partial charge in [-0.25, -0.2) is 0 Å². The van der Waals surface area contributed by atoms with Crippen molar-refractivity contribution in [2.24, 2.45) is 0 Å². The van der Waals surface area contributed by atoms with Gasteiger partial charge in [-0.15, -0.1) is 0 Å². The van der Waals surface area contributed by atoms with Crippen LogP contribution in [0.2, 0.25) is 20.1 Å². The zero-order chi connectivity index (χ0) is 23.0. The summed E-state index contributed by atoms with van der Waals surface area (Å²) in [5, 5.41) is 9.41. The van der Waals surface area contributed by atoms with E-state index in [-0.39, 0.29) is 28.8 Å². The normalized spacial score (nSPS) is 15.0. The Hall–Kier alpha value is -2.78. The lowest BCUT2D eigenvalue weighted by molar-refractivity contribution is -0.123. The van der Waals surface area contributed by atoms with E-state index in [0.29, 0.717) is 26.4 Å². The highest BCUT2D eigenvalue weighted by Gasteiger charge is 2.35. The van der Waals surface area contributed by atoms with E-state index >= 15 is 0 Å². The van der Waals surface area contributed by atoms with Gasteiger partial charge in [0.25, 0.3) is 5.56 Å². The Morgan fingerprint density at radius 2 is 1.72 bits per heavy atom. The molecule has 2 heterocycles. The van der Waals surface area contributed by atoms with Crippen molar-refractivity contribution in [3.05, 3.63) is 72.4 Å². The summed E-state index contributed by atoms with van der Waals surface area (Å²) in [4.78, 5) is 44.8. The SMILES string of the molecule is O=C1CC(C(=O)Nc2ccc(Cl)cc2Cl)c2c(nc(Nc3cc(Cl)cc(Cl)c3)[nH]c2=O)N1. The number of nitrogens with zero attached hydrogens (tertiary/aromatic N) is 1. The predicted octanol–water partition coefficient (Wildman–Crippen LogP) is 5.19. The molecule has 32 heavy (non-hydrogen) atoms. The van der Waals surface area contributed by atoms with Crippen molar-refractivity contribution in [1.82, 2.24) is 9.97 Å². The van der Waals surface area contributed by atoms with Crippen molar-refractivity contribution in [2.45, 2.75) is 12.3 Å². The summed E-state index contributed by atoms with van der Waals surface area (Å²) in [6.45, 7) is 0. The Kier molecular flexibility index (Phi) is 6.30. The van der Waals surface area contributed by atoms with Crippen LogP contribution in [-0.2, 0) is 9.59 Å². The van der Waals surface area contributed by atoms with Gasteiger partial charge < -0.3 is 16.0 Å². The number of nitrogens with one attached hydrogen (secondary N) is 4. The van der Waals surface area contributed by atoms with Crippen molar-refractivity contribution in [1.29, 1.82) is 0 Å². The van der Waals surface area contributed by atoms with Crippen LogP contribution in [0.25, 0.3) is 0 Å². The molecule has 4 rings (SSSR count). The number of aromatic amines is 1. The zero-order valence-electron chi connectivity index (χ0n) is 15.9. The monoisotopic (exact) mass is 511 g/mol. The smallest absolute Gasteiger partial charge is 0.258 e. The lowest BCUT2D eigenvalue weighted by Crippen LogP contribution is -2.36. The molecule has 0 aliphatic carbocycles. The van der Waals surface area contributed by atoms with Crippen LogP contribution in [0.3, 0.4) is 0 Å². The van der Waals surface area contributed by atoms with E-state index in [1.807, 2.05) is 0 Å². The fourth-order valence-corrected chi connectivity index (χ4v) is 4.21. The van der Waals surface area contributed by atoms with Crippen molar-refractivity contribution >= 4 is 81.4 Å². The minimum Gasteiger partial charge on any atom is -0.326 e. The molecule has 1 aliphatic rings. The summed E-state index contributed by atoms with van der Waals surface area (Å²) in [6, 6.07) is 9.26. The van der Waals surface area contributed by atoms with Gasteiger partial charge in [-0.1, -0.05) is 46.4 Å². The highest BCUT2D eigenvalue weighted by atomic mass is 35.5. The molecular weight excluding hydrogens is 500 g/mol. The van der Waals surface area contributed by atoms with Gasteiger partial charge in [0.15, 0.2) is 0 Å². The fraction of sp³-hybridized carbons (Fsp3) is 0.100. The Labute approximate surface area is 201 Å². The molecular formula is C20H13Cl4N5O3. The predicted molar refractivity (Wildman–Crippen MR) is 126 cm³/mol. The second kappa shape index (κ2) is 8.99. The minimum atomic E-state index is -1.07. The molecule has 0 saturated carbocycles. The summed E-state index contributed by atoms with van der Waals surface area (Å²) in [5.41, 5.74) is 0.211. The van der Waals surface area contributed by atoms with Crippen LogP contribution in [0.5, 0.6) is 0 Å². The highest BCUT2D eigenvalue weighted by Crippen LogP contribution is 2.32. The number of amides is 2. The first-order valence-electron chi connectivity index (χ1n) is 9.12. The van der Waals surface area contributed by atoms with E-state index in [2.05, 4.69) is 25.9 Å². The number of fused-ring (bicyclic) bond motifs is 1. The van der Waals surface area contributed by atoms with Gasteiger partial charge in [0, 0.05) is 27.2 Å². The first kappa shape index (κ1) is 22.4. The summed E-state index contributed by atoms with van der Waals surface area (Å²) >= 11 is 24.0. The summed E-state index contributed by atoms with van der Waals surface area (Å²) in [6.07, 6.45) is -0.231. The molecule has 2 amide bonds. The molecule has 0 bridgehead atoms. The second-order valence-electron chi connectivity index (χ2n) is 6.88. The van der Waals surface area contributed by atoms with E-state index in [9.17, 15) is 14.4 Å². The molecule has 0 saturated heterocycles. The third kappa shape index (κ3) is 4.83. The summed E-state index contributed by atoms with van der Waals surface area (Å²) in [5.74, 6) is -2.11. The van der Waals surface area contributed by atoms with Crippen LogP contribution in [0.1, 0.15) is 17.9 Å². The highest BCUT2D eigenvalue weighted by molar-refractivity contribution is 6.37. The molecule has 1 aromatic heterocycles. The summed E-state index contributed by atoms with van der Waals surface area (Å²) < 4.78 is 0. The molecule has 0 fully saturated rings. The Morgan fingerprint density at radius 3 is 2.41 bits per heavy atom. The van der Waals surface area contributed by atoms with Gasteiger partial charge in [-0.2, -0.15) is 4.98 Å². The number of carbonyl (C=O) groups excluding carboxylic acids is 2. The molecule has 1 atom stereocenters. The van der Waals surface area contributed by atoms with Crippen LogP contribution >= 0.6 is 46.4 Å². The topological polar surface area (TPSA) is 116 Å². The number of hydrogen-bond acceptors (Lipinski definition) is 5.